The second-order valence-corrected chi connectivity index (χ2v) is 5.36. The van der Waals surface area contributed by atoms with Crippen molar-refractivity contribution in [3.05, 3.63) is 0 Å². The number of likely N-dealkylation sites (tertiary alicyclic amines) is 1. The monoisotopic (exact) mass is 286 g/mol. The average Bonchev–Trinajstić information content (AvgIpc) is 2.45. The first kappa shape index (κ1) is 15.1. The molecule has 0 saturated carbocycles. The Morgan fingerprint density at radius 1 is 1.40 bits per heavy atom. The quantitative estimate of drug-likeness (QED) is 0.779. The molecule has 2 rings (SSSR count). The lowest BCUT2D eigenvalue weighted by Crippen LogP contribution is -2.52. The van der Waals surface area contributed by atoms with Gasteiger partial charge in [-0.1, -0.05) is 0 Å². The van der Waals surface area contributed by atoms with E-state index >= 15 is 0 Å². The molecule has 2 N–H and O–H groups in total. The summed E-state index contributed by atoms with van der Waals surface area (Å²) in [6.45, 7) is 4.44. The molecule has 20 heavy (non-hydrogen) atoms. The van der Waals surface area contributed by atoms with Crippen LogP contribution >= 0.6 is 0 Å². The zero-order chi connectivity index (χ0) is 14.5. The number of nitrogens with zero attached hydrogens (tertiary/aromatic N) is 1. The van der Waals surface area contributed by atoms with Gasteiger partial charge in [0.15, 0.2) is 0 Å². The van der Waals surface area contributed by atoms with E-state index in [2.05, 4.69) is 5.32 Å². The molecule has 7 nitrogen and oxygen atoms in total. The molecule has 2 saturated heterocycles. The van der Waals surface area contributed by atoms with E-state index in [1.165, 1.54) is 0 Å². The van der Waals surface area contributed by atoms with Gasteiger partial charge in [0.2, 0.25) is 0 Å². The molecule has 114 valence electrons. The van der Waals surface area contributed by atoms with Gasteiger partial charge in [-0.3, -0.25) is 4.79 Å². The minimum Gasteiger partial charge on any atom is -0.481 e. The molecule has 0 radical (unpaired) electrons. The smallest absolute Gasteiger partial charge is 0.317 e. The van der Waals surface area contributed by atoms with Gasteiger partial charge in [-0.2, -0.15) is 0 Å². The van der Waals surface area contributed by atoms with Crippen molar-refractivity contribution in [2.75, 3.05) is 32.9 Å². The first-order chi connectivity index (χ1) is 9.58. The van der Waals surface area contributed by atoms with Gasteiger partial charge < -0.3 is 24.8 Å². The van der Waals surface area contributed by atoms with E-state index in [0.29, 0.717) is 45.8 Å². The third kappa shape index (κ3) is 3.83. The number of hydrogen-bond donors (Lipinski definition) is 2. The summed E-state index contributed by atoms with van der Waals surface area (Å²) < 4.78 is 10.7. The van der Waals surface area contributed by atoms with Gasteiger partial charge in [-0.25, -0.2) is 4.79 Å². The highest BCUT2D eigenvalue weighted by Crippen LogP contribution is 2.22. The van der Waals surface area contributed by atoms with E-state index in [1.807, 2.05) is 6.92 Å². The van der Waals surface area contributed by atoms with Crippen LogP contribution in [0.15, 0.2) is 0 Å². The molecule has 2 aliphatic heterocycles. The Kier molecular flexibility index (Phi) is 5.19. The van der Waals surface area contributed by atoms with Gasteiger partial charge in [-0.05, 0) is 19.8 Å². The summed E-state index contributed by atoms with van der Waals surface area (Å²) >= 11 is 0. The summed E-state index contributed by atoms with van der Waals surface area (Å²) in [6, 6.07) is -0.219. The molecule has 0 spiro atoms. The number of nitrogens with one attached hydrogen (secondary N) is 1. The summed E-state index contributed by atoms with van der Waals surface area (Å²) in [6.07, 6.45) is 0.918. The van der Waals surface area contributed by atoms with Crippen LogP contribution in [0.25, 0.3) is 0 Å². The normalized spacial score (nSPS) is 30.9. The third-order valence-electron chi connectivity index (χ3n) is 3.85. The van der Waals surface area contributed by atoms with Crippen LogP contribution < -0.4 is 5.32 Å². The summed E-state index contributed by atoms with van der Waals surface area (Å²) in [5, 5.41) is 11.8. The maximum absolute atomic E-state index is 12.1. The molecule has 0 aromatic carbocycles. The zero-order valence-corrected chi connectivity index (χ0v) is 11.7. The molecular weight excluding hydrogens is 264 g/mol. The first-order valence-corrected chi connectivity index (χ1v) is 7.04. The number of amides is 2. The number of ether oxygens (including phenoxy) is 2. The molecule has 2 heterocycles. The van der Waals surface area contributed by atoms with Gasteiger partial charge in [0.05, 0.1) is 31.8 Å². The average molecular weight is 286 g/mol. The lowest BCUT2D eigenvalue weighted by atomic mass is 9.92. The van der Waals surface area contributed by atoms with Crippen LogP contribution in [0.3, 0.4) is 0 Å². The van der Waals surface area contributed by atoms with Crippen LogP contribution in [-0.4, -0.2) is 67.1 Å². The second kappa shape index (κ2) is 6.90. The molecule has 2 amide bonds. The summed E-state index contributed by atoms with van der Waals surface area (Å²) in [5.74, 6) is -1.12. The minimum absolute atomic E-state index is 0.0617. The van der Waals surface area contributed by atoms with Crippen molar-refractivity contribution in [3.8, 4) is 0 Å². The van der Waals surface area contributed by atoms with E-state index in [-0.39, 0.29) is 24.1 Å². The molecule has 2 aliphatic rings. The number of aliphatic carboxylic acids is 1. The third-order valence-corrected chi connectivity index (χ3v) is 3.85. The van der Waals surface area contributed by atoms with Crippen LogP contribution in [0, 0.1) is 5.92 Å². The number of carboxylic acid groups (broad SMARTS) is 1. The second-order valence-electron chi connectivity index (χ2n) is 5.36. The van der Waals surface area contributed by atoms with Gasteiger partial charge in [-0.15, -0.1) is 0 Å². The van der Waals surface area contributed by atoms with Crippen molar-refractivity contribution in [1.82, 2.24) is 10.2 Å². The van der Waals surface area contributed by atoms with Crippen LogP contribution in [0.2, 0.25) is 0 Å². The van der Waals surface area contributed by atoms with Gasteiger partial charge in [0.25, 0.3) is 0 Å². The Bertz CT molecular complexity index is 357. The molecule has 3 unspecified atom stereocenters. The van der Waals surface area contributed by atoms with E-state index in [9.17, 15) is 9.59 Å². The molecule has 2 fully saturated rings. The maximum Gasteiger partial charge on any atom is 0.317 e. The molecule has 0 aliphatic carbocycles. The number of carbonyl (C=O) groups is 2. The molecule has 0 aromatic rings. The Morgan fingerprint density at radius 3 is 2.80 bits per heavy atom. The Hall–Kier alpha value is -1.34. The molecule has 0 bridgehead atoms. The van der Waals surface area contributed by atoms with Gasteiger partial charge >= 0.3 is 12.0 Å². The minimum atomic E-state index is -0.773. The number of hydrogen-bond acceptors (Lipinski definition) is 4. The van der Waals surface area contributed by atoms with Crippen LogP contribution in [0.1, 0.15) is 19.8 Å². The predicted octanol–water partition coefficient (Wildman–Crippen LogP) is 0.297. The van der Waals surface area contributed by atoms with E-state index < -0.39 is 5.97 Å². The molecular formula is C13H22N2O5. The fraction of sp³-hybridized carbons (Fsp3) is 0.846. The van der Waals surface area contributed by atoms with Crippen molar-refractivity contribution >= 4 is 12.0 Å². The standard InChI is InChI=1S/C13H22N2O5/c1-9-6-10(12(16)17)2-3-15(9)13(18)14-7-11-8-19-4-5-20-11/h9-11H,2-8H2,1H3,(H,14,18)(H,16,17). The van der Waals surface area contributed by atoms with E-state index in [4.69, 9.17) is 14.6 Å². The lowest BCUT2D eigenvalue weighted by molar-refractivity contribution is -0.143. The predicted molar refractivity (Wildman–Crippen MR) is 70.5 cm³/mol. The van der Waals surface area contributed by atoms with Crippen molar-refractivity contribution in [2.24, 2.45) is 5.92 Å². The van der Waals surface area contributed by atoms with Crippen molar-refractivity contribution < 1.29 is 24.2 Å². The number of piperidine rings is 1. The highest BCUT2D eigenvalue weighted by atomic mass is 16.6. The summed E-state index contributed by atoms with van der Waals surface area (Å²) in [5.41, 5.74) is 0. The largest absolute Gasteiger partial charge is 0.481 e. The maximum atomic E-state index is 12.1. The lowest BCUT2D eigenvalue weighted by Gasteiger charge is -2.36. The fourth-order valence-electron chi connectivity index (χ4n) is 2.66. The topological polar surface area (TPSA) is 88.1 Å². The number of urea groups is 1. The molecule has 7 heteroatoms. The van der Waals surface area contributed by atoms with Gasteiger partial charge in [0.1, 0.15) is 0 Å². The highest BCUT2D eigenvalue weighted by Gasteiger charge is 2.32. The first-order valence-electron chi connectivity index (χ1n) is 7.04. The number of carboxylic acids is 1. The summed E-state index contributed by atoms with van der Waals surface area (Å²) in [7, 11) is 0. The fourth-order valence-corrected chi connectivity index (χ4v) is 2.66. The molecule has 0 aromatic heterocycles. The Labute approximate surface area is 118 Å². The highest BCUT2D eigenvalue weighted by molar-refractivity contribution is 5.75. The Morgan fingerprint density at radius 2 is 2.20 bits per heavy atom. The van der Waals surface area contributed by atoms with Gasteiger partial charge in [0, 0.05) is 19.1 Å². The zero-order valence-electron chi connectivity index (χ0n) is 11.7. The van der Waals surface area contributed by atoms with Crippen LogP contribution in [0.4, 0.5) is 4.79 Å². The number of carbonyl (C=O) groups excluding carboxylic acids is 1. The van der Waals surface area contributed by atoms with Crippen LogP contribution in [0.5, 0.6) is 0 Å². The van der Waals surface area contributed by atoms with Crippen molar-refractivity contribution in [2.45, 2.75) is 31.9 Å². The molecule has 3 atom stereocenters. The van der Waals surface area contributed by atoms with E-state index in [1.54, 1.807) is 4.90 Å². The van der Waals surface area contributed by atoms with E-state index in [0.717, 1.165) is 0 Å². The number of rotatable bonds is 3. The Balaban J connectivity index is 1.76. The van der Waals surface area contributed by atoms with Crippen molar-refractivity contribution in [3.63, 3.8) is 0 Å². The summed E-state index contributed by atoms with van der Waals surface area (Å²) in [4.78, 5) is 24.8. The van der Waals surface area contributed by atoms with Crippen LogP contribution in [-0.2, 0) is 14.3 Å². The SMILES string of the molecule is CC1CC(C(=O)O)CCN1C(=O)NCC1COCCO1. The van der Waals surface area contributed by atoms with Crippen molar-refractivity contribution in [1.29, 1.82) is 0 Å².